The average Bonchev–Trinajstić information content (AvgIpc) is 2.60. The lowest BCUT2D eigenvalue weighted by atomic mass is 9.87. The molecule has 2 nitrogen and oxygen atoms in total. The summed E-state index contributed by atoms with van der Waals surface area (Å²) in [6.45, 7) is 6.71. The second-order valence-corrected chi connectivity index (χ2v) is 6.43. The van der Waals surface area contributed by atoms with E-state index in [0.717, 1.165) is 11.3 Å². The Hall–Kier alpha value is -1.09. The molecule has 0 saturated heterocycles. The molecule has 3 N–H and O–H groups in total. The van der Waals surface area contributed by atoms with Crippen molar-refractivity contribution in [2.24, 2.45) is 11.1 Å². The normalized spacial score (nSPS) is 21.8. The average molecular weight is 262 g/mol. The van der Waals surface area contributed by atoms with Gasteiger partial charge in [-0.1, -0.05) is 44.1 Å². The third-order valence-electron chi connectivity index (χ3n) is 4.03. The van der Waals surface area contributed by atoms with Crippen LogP contribution in [0, 0.1) is 12.3 Å². The van der Waals surface area contributed by atoms with E-state index in [1.54, 1.807) is 0 Å². The molecule has 0 bridgehead atoms. The van der Waals surface area contributed by atoms with Crippen LogP contribution in [0.15, 0.2) is 18.2 Å². The molecule has 0 heterocycles. The van der Waals surface area contributed by atoms with Gasteiger partial charge in [-0.3, -0.25) is 0 Å². The third-order valence-corrected chi connectivity index (χ3v) is 4.25. The summed E-state index contributed by atoms with van der Waals surface area (Å²) >= 11 is 5.15. The zero-order valence-electron chi connectivity index (χ0n) is 11.4. The first kappa shape index (κ1) is 13.3. The van der Waals surface area contributed by atoms with Crippen molar-refractivity contribution in [1.82, 2.24) is 0 Å². The van der Waals surface area contributed by atoms with Crippen molar-refractivity contribution in [3.8, 4) is 0 Å². The summed E-state index contributed by atoms with van der Waals surface area (Å²) in [5.41, 5.74) is 9.39. The molecule has 1 aromatic carbocycles. The molecule has 0 aliphatic heterocycles. The van der Waals surface area contributed by atoms with Crippen LogP contribution in [0.1, 0.15) is 44.2 Å². The van der Waals surface area contributed by atoms with E-state index in [4.69, 9.17) is 18.0 Å². The Balaban J connectivity index is 2.26. The third kappa shape index (κ3) is 2.66. The lowest BCUT2D eigenvalue weighted by molar-refractivity contribution is 0.350. The second kappa shape index (κ2) is 4.88. The van der Waals surface area contributed by atoms with Crippen molar-refractivity contribution in [1.29, 1.82) is 0 Å². The van der Waals surface area contributed by atoms with Gasteiger partial charge in [-0.05, 0) is 37.3 Å². The molecule has 1 unspecified atom stereocenters. The molecular weight excluding hydrogens is 240 g/mol. The summed E-state index contributed by atoms with van der Waals surface area (Å²) in [5, 5.41) is 3.64. The number of nitrogens with two attached hydrogens (primary N) is 1. The van der Waals surface area contributed by atoms with E-state index < -0.39 is 0 Å². The van der Waals surface area contributed by atoms with E-state index in [2.05, 4.69) is 44.3 Å². The van der Waals surface area contributed by atoms with Gasteiger partial charge < -0.3 is 11.1 Å². The lowest BCUT2D eigenvalue weighted by Gasteiger charge is -2.29. The first-order valence-corrected chi connectivity index (χ1v) is 6.98. The molecule has 0 spiro atoms. The van der Waals surface area contributed by atoms with E-state index in [1.165, 1.54) is 24.8 Å². The van der Waals surface area contributed by atoms with Crippen LogP contribution in [0.25, 0.3) is 0 Å². The molecule has 1 aliphatic carbocycles. The minimum absolute atomic E-state index is 0.346. The van der Waals surface area contributed by atoms with Gasteiger partial charge in [0.1, 0.15) is 4.99 Å². The number of hydrogen-bond acceptors (Lipinski definition) is 2. The molecule has 0 amide bonds. The lowest BCUT2D eigenvalue weighted by Crippen LogP contribution is -2.31. The van der Waals surface area contributed by atoms with Gasteiger partial charge in [-0.2, -0.15) is 0 Å². The summed E-state index contributed by atoms with van der Waals surface area (Å²) < 4.78 is 0. The topological polar surface area (TPSA) is 38.0 Å². The highest BCUT2D eigenvalue weighted by molar-refractivity contribution is 7.80. The van der Waals surface area contributed by atoms with Crippen molar-refractivity contribution in [2.45, 2.75) is 46.1 Å². The van der Waals surface area contributed by atoms with Crippen molar-refractivity contribution < 1.29 is 0 Å². The molecule has 18 heavy (non-hydrogen) atoms. The van der Waals surface area contributed by atoms with E-state index in [1.807, 2.05) is 0 Å². The van der Waals surface area contributed by atoms with Crippen molar-refractivity contribution >= 4 is 22.9 Å². The maximum atomic E-state index is 5.82. The van der Waals surface area contributed by atoms with Crippen LogP contribution in [0.5, 0.6) is 0 Å². The predicted molar refractivity (Wildman–Crippen MR) is 82.1 cm³/mol. The molecule has 3 heteroatoms. The van der Waals surface area contributed by atoms with Crippen LogP contribution in [-0.2, 0) is 0 Å². The first-order valence-electron chi connectivity index (χ1n) is 6.57. The molecular formula is C15H22N2S. The van der Waals surface area contributed by atoms with Gasteiger partial charge in [-0.25, -0.2) is 0 Å². The Morgan fingerprint density at radius 3 is 2.72 bits per heavy atom. The maximum absolute atomic E-state index is 5.82. The molecule has 1 aliphatic rings. The number of nitrogens with one attached hydrogen (secondary N) is 1. The molecule has 1 saturated carbocycles. The zero-order chi connectivity index (χ0) is 13.3. The van der Waals surface area contributed by atoms with Gasteiger partial charge in [0.15, 0.2) is 0 Å². The predicted octanol–water partition coefficient (Wildman–Crippen LogP) is 3.62. The number of aryl methyl sites for hydroxylation is 1. The minimum Gasteiger partial charge on any atom is -0.389 e. The zero-order valence-corrected chi connectivity index (χ0v) is 12.2. The second-order valence-electron chi connectivity index (χ2n) is 5.99. The van der Waals surface area contributed by atoms with Crippen molar-refractivity contribution in [3.63, 3.8) is 0 Å². The highest BCUT2D eigenvalue weighted by Gasteiger charge is 2.34. The van der Waals surface area contributed by atoms with Crippen LogP contribution in [0.2, 0.25) is 0 Å². The van der Waals surface area contributed by atoms with Crippen molar-refractivity contribution in [2.75, 3.05) is 5.32 Å². The Morgan fingerprint density at radius 1 is 1.44 bits per heavy atom. The smallest absolute Gasteiger partial charge is 0.106 e. The summed E-state index contributed by atoms with van der Waals surface area (Å²) in [4.78, 5) is 0.469. The minimum atomic E-state index is 0.346. The molecule has 1 aromatic rings. The Bertz CT molecular complexity index is 466. The summed E-state index contributed by atoms with van der Waals surface area (Å²) in [5.74, 6) is 0. The van der Waals surface area contributed by atoms with Gasteiger partial charge in [0.05, 0.1) is 0 Å². The summed E-state index contributed by atoms with van der Waals surface area (Å²) in [6, 6.07) is 6.77. The maximum Gasteiger partial charge on any atom is 0.106 e. The van der Waals surface area contributed by atoms with Gasteiger partial charge in [0, 0.05) is 17.3 Å². The number of rotatable bonds is 3. The Labute approximate surface area is 115 Å². The Kier molecular flexibility index (Phi) is 3.62. The van der Waals surface area contributed by atoms with E-state index in [9.17, 15) is 0 Å². The van der Waals surface area contributed by atoms with Gasteiger partial charge >= 0.3 is 0 Å². The molecule has 2 rings (SSSR count). The quantitative estimate of drug-likeness (QED) is 0.817. The number of benzene rings is 1. The van der Waals surface area contributed by atoms with Gasteiger partial charge in [0.2, 0.25) is 0 Å². The standard InChI is InChI=1S/C15H22N2S/c1-10-6-7-12(11(9-10)14(16)18)17-13-5-4-8-15(13,2)3/h6-7,9,13,17H,4-5,8H2,1-3H3,(H2,16,18). The van der Waals surface area contributed by atoms with Crippen LogP contribution in [0.4, 0.5) is 5.69 Å². The fourth-order valence-electron chi connectivity index (χ4n) is 2.77. The van der Waals surface area contributed by atoms with Crippen LogP contribution >= 0.6 is 12.2 Å². The molecule has 1 fully saturated rings. The number of anilines is 1. The fraction of sp³-hybridized carbons (Fsp3) is 0.533. The summed E-state index contributed by atoms with van der Waals surface area (Å²) in [7, 11) is 0. The molecule has 1 atom stereocenters. The summed E-state index contributed by atoms with van der Waals surface area (Å²) in [6.07, 6.45) is 3.79. The van der Waals surface area contributed by atoms with E-state index in [0.29, 0.717) is 16.4 Å². The van der Waals surface area contributed by atoms with Crippen LogP contribution < -0.4 is 11.1 Å². The fourth-order valence-corrected chi connectivity index (χ4v) is 2.94. The Morgan fingerprint density at radius 2 is 2.17 bits per heavy atom. The highest BCUT2D eigenvalue weighted by atomic mass is 32.1. The number of hydrogen-bond donors (Lipinski definition) is 2. The van der Waals surface area contributed by atoms with E-state index in [-0.39, 0.29) is 0 Å². The highest BCUT2D eigenvalue weighted by Crippen LogP contribution is 2.39. The first-order chi connectivity index (χ1) is 8.40. The van der Waals surface area contributed by atoms with E-state index >= 15 is 0 Å². The molecule has 0 aromatic heterocycles. The van der Waals surface area contributed by atoms with Crippen LogP contribution in [0.3, 0.4) is 0 Å². The van der Waals surface area contributed by atoms with Crippen LogP contribution in [-0.4, -0.2) is 11.0 Å². The largest absolute Gasteiger partial charge is 0.389 e. The molecule has 98 valence electrons. The van der Waals surface area contributed by atoms with Crippen molar-refractivity contribution in [3.05, 3.63) is 29.3 Å². The monoisotopic (exact) mass is 262 g/mol. The molecule has 0 radical (unpaired) electrons. The van der Waals surface area contributed by atoms with Gasteiger partial charge in [0.25, 0.3) is 0 Å². The number of thiocarbonyl (C=S) groups is 1. The SMILES string of the molecule is Cc1ccc(NC2CCCC2(C)C)c(C(N)=S)c1. The van der Waals surface area contributed by atoms with Gasteiger partial charge in [-0.15, -0.1) is 0 Å².